The van der Waals surface area contributed by atoms with Crippen LogP contribution in [0, 0.1) is 0 Å². The molecule has 0 N–H and O–H groups in total. The largest absolute Gasteiger partial charge is 0.759 e. The highest BCUT2D eigenvalue weighted by Crippen LogP contribution is 2.12. The van der Waals surface area contributed by atoms with Crippen molar-refractivity contribution < 1.29 is 27.0 Å². The summed E-state index contributed by atoms with van der Waals surface area (Å²) in [4.78, 5) is 0. The minimum atomic E-state index is -5.17. The standard InChI is InChI=1S/C24H50O.C2H4O.H2O4S/c1-3-5-7-9-11-13-15-17-19-21-23-25-24-22-20-18-16-14-12-10-8-6-4-2;1-2-3-1;1-5(2,3)4/h3-24H2,1-2H3;1-2H2;(H2,1,2,3,4)/p-2. The van der Waals surface area contributed by atoms with E-state index in [1.807, 2.05) is 0 Å². The average molecular weight is 495 g/mol. The van der Waals surface area contributed by atoms with Crippen LogP contribution >= 0.6 is 0 Å². The zero-order valence-electron chi connectivity index (χ0n) is 21.8. The maximum atomic E-state index is 8.52. The van der Waals surface area contributed by atoms with Gasteiger partial charge in [-0.05, 0) is 12.8 Å². The third kappa shape index (κ3) is 54.3. The second-order valence-corrected chi connectivity index (χ2v) is 9.81. The predicted octanol–water partition coefficient (Wildman–Crippen LogP) is 7.52. The fourth-order valence-electron chi connectivity index (χ4n) is 3.49. The quantitative estimate of drug-likeness (QED) is 0.0667. The molecule has 33 heavy (non-hydrogen) atoms. The molecule has 0 atom stereocenters. The van der Waals surface area contributed by atoms with E-state index in [0.717, 1.165) is 26.4 Å². The lowest BCUT2D eigenvalue weighted by atomic mass is 10.1. The van der Waals surface area contributed by atoms with Crippen molar-refractivity contribution in [1.82, 2.24) is 0 Å². The molecule has 0 bridgehead atoms. The molecule has 0 spiro atoms. The fraction of sp³-hybridized carbons (Fsp3) is 1.00. The van der Waals surface area contributed by atoms with E-state index in [0.29, 0.717) is 0 Å². The molecule has 0 aliphatic carbocycles. The van der Waals surface area contributed by atoms with Crippen molar-refractivity contribution in [3.63, 3.8) is 0 Å². The number of rotatable bonds is 22. The summed E-state index contributed by atoms with van der Waals surface area (Å²) in [5, 5.41) is 0. The highest BCUT2D eigenvalue weighted by atomic mass is 32.3. The molecule has 0 aromatic carbocycles. The van der Waals surface area contributed by atoms with Crippen LogP contribution in [0.15, 0.2) is 0 Å². The number of hydrogen-bond acceptors (Lipinski definition) is 6. The molecule has 0 aromatic rings. The van der Waals surface area contributed by atoms with Gasteiger partial charge in [0.15, 0.2) is 0 Å². The molecule has 0 aromatic heterocycles. The van der Waals surface area contributed by atoms with Crippen molar-refractivity contribution in [2.45, 2.75) is 142 Å². The number of ether oxygens (including phenoxy) is 2. The molecule has 1 heterocycles. The van der Waals surface area contributed by atoms with Crippen molar-refractivity contribution >= 4 is 10.4 Å². The molecular weight excluding hydrogens is 440 g/mol. The molecule has 0 amide bonds. The molecular formula is C26H54O6S-2. The summed E-state index contributed by atoms with van der Waals surface area (Å²) in [6.07, 6.45) is 28.2. The lowest BCUT2D eigenvalue weighted by molar-refractivity contribution is 0.125. The van der Waals surface area contributed by atoms with Crippen LogP contribution in [0.25, 0.3) is 0 Å². The first-order valence-corrected chi connectivity index (χ1v) is 15.1. The van der Waals surface area contributed by atoms with E-state index in [2.05, 4.69) is 18.6 Å². The summed E-state index contributed by atoms with van der Waals surface area (Å²) in [6, 6.07) is 0. The van der Waals surface area contributed by atoms with Gasteiger partial charge in [0.1, 0.15) is 0 Å². The van der Waals surface area contributed by atoms with E-state index in [4.69, 9.17) is 22.3 Å². The zero-order chi connectivity index (χ0) is 24.9. The highest BCUT2D eigenvalue weighted by molar-refractivity contribution is 7.79. The zero-order valence-corrected chi connectivity index (χ0v) is 22.6. The lowest BCUT2D eigenvalue weighted by Gasteiger charge is -2.06. The topological polar surface area (TPSA) is 102 Å². The van der Waals surface area contributed by atoms with Crippen LogP contribution in [-0.4, -0.2) is 44.0 Å². The Kier molecular flexibility index (Phi) is 31.6. The fourth-order valence-corrected chi connectivity index (χ4v) is 3.49. The Morgan fingerprint density at radius 3 is 0.970 bits per heavy atom. The molecule has 6 nitrogen and oxygen atoms in total. The average Bonchev–Trinajstić information content (AvgIpc) is 3.63. The van der Waals surface area contributed by atoms with E-state index in [9.17, 15) is 0 Å². The van der Waals surface area contributed by atoms with E-state index < -0.39 is 10.4 Å². The third-order valence-corrected chi connectivity index (χ3v) is 5.49. The van der Waals surface area contributed by atoms with Gasteiger partial charge in [-0.3, -0.25) is 8.42 Å². The van der Waals surface area contributed by atoms with Crippen molar-refractivity contribution in [3.05, 3.63) is 0 Å². The van der Waals surface area contributed by atoms with Crippen molar-refractivity contribution in [3.8, 4) is 0 Å². The van der Waals surface area contributed by atoms with Crippen LogP contribution in [0.2, 0.25) is 0 Å². The summed E-state index contributed by atoms with van der Waals surface area (Å²) in [6.45, 7) is 8.57. The van der Waals surface area contributed by atoms with Crippen molar-refractivity contribution in [2.75, 3.05) is 26.4 Å². The van der Waals surface area contributed by atoms with Gasteiger partial charge < -0.3 is 18.6 Å². The Morgan fingerprint density at radius 1 is 0.545 bits per heavy atom. The maximum absolute atomic E-state index is 8.52. The molecule has 202 valence electrons. The molecule has 0 saturated carbocycles. The number of epoxide rings is 1. The first kappa shape index (κ1) is 35.0. The minimum absolute atomic E-state index is 0.994. The van der Waals surface area contributed by atoms with Crippen LogP contribution in [-0.2, 0) is 19.9 Å². The predicted molar refractivity (Wildman–Crippen MR) is 136 cm³/mol. The van der Waals surface area contributed by atoms with Gasteiger partial charge in [-0.25, -0.2) is 0 Å². The van der Waals surface area contributed by atoms with E-state index in [1.54, 1.807) is 0 Å². The van der Waals surface area contributed by atoms with E-state index in [1.165, 1.54) is 128 Å². The van der Waals surface area contributed by atoms with Gasteiger partial charge in [-0.1, -0.05) is 129 Å². The summed E-state index contributed by atoms with van der Waals surface area (Å²) in [5.41, 5.74) is 0. The van der Waals surface area contributed by atoms with Gasteiger partial charge in [0.2, 0.25) is 0 Å². The molecule has 0 radical (unpaired) electrons. The number of hydrogen-bond donors (Lipinski definition) is 0. The van der Waals surface area contributed by atoms with Crippen LogP contribution < -0.4 is 0 Å². The smallest absolute Gasteiger partial charge is 0.0701 e. The van der Waals surface area contributed by atoms with Gasteiger partial charge in [0, 0.05) is 23.6 Å². The Labute approximate surface area is 206 Å². The molecule has 1 aliphatic heterocycles. The second-order valence-electron chi connectivity index (χ2n) is 9.00. The van der Waals surface area contributed by atoms with Crippen molar-refractivity contribution in [2.24, 2.45) is 0 Å². The van der Waals surface area contributed by atoms with Gasteiger partial charge in [-0.15, -0.1) is 0 Å². The van der Waals surface area contributed by atoms with Crippen molar-refractivity contribution in [1.29, 1.82) is 0 Å². The first-order valence-electron chi connectivity index (χ1n) is 13.7. The van der Waals surface area contributed by atoms with Gasteiger partial charge in [-0.2, -0.15) is 0 Å². The first-order chi connectivity index (χ1) is 15.9. The summed E-state index contributed by atoms with van der Waals surface area (Å²) < 4.78 is 44.4. The molecule has 1 rings (SSSR count). The van der Waals surface area contributed by atoms with Crippen LogP contribution in [0.4, 0.5) is 0 Å². The third-order valence-electron chi connectivity index (χ3n) is 5.49. The molecule has 1 saturated heterocycles. The summed E-state index contributed by atoms with van der Waals surface area (Å²) >= 11 is 0. The Balaban J connectivity index is 0. The number of unbranched alkanes of at least 4 members (excludes halogenated alkanes) is 18. The minimum Gasteiger partial charge on any atom is -0.759 e. The lowest BCUT2D eigenvalue weighted by Crippen LogP contribution is -1.97. The van der Waals surface area contributed by atoms with Crippen LogP contribution in [0.1, 0.15) is 142 Å². The normalized spacial score (nSPS) is 12.5. The molecule has 7 heteroatoms. The van der Waals surface area contributed by atoms with Crippen LogP contribution in [0.5, 0.6) is 0 Å². The Hall–Kier alpha value is -0.210. The van der Waals surface area contributed by atoms with Gasteiger partial charge >= 0.3 is 0 Å². The molecule has 0 unspecified atom stereocenters. The Morgan fingerprint density at radius 2 is 0.758 bits per heavy atom. The monoisotopic (exact) mass is 494 g/mol. The van der Waals surface area contributed by atoms with E-state index >= 15 is 0 Å². The van der Waals surface area contributed by atoms with E-state index in [-0.39, 0.29) is 0 Å². The summed E-state index contributed by atoms with van der Waals surface area (Å²) in [7, 11) is -5.17. The SMILES string of the molecule is C1CO1.CCCCCCCCCCCCOCCCCCCCCCCCC.O=S(=O)([O-])[O-]. The van der Waals surface area contributed by atoms with Gasteiger partial charge in [0.05, 0.1) is 13.2 Å². The van der Waals surface area contributed by atoms with Gasteiger partial charge in [0.25, 0.3) is 0 Å². The van der Waals surface area contributed by atoms with Crippen LogP contribution in [0.3, 0.4) is 0 Å². The second kappa shape index (κ2) is 29.8. The highest BCUT2D eigenvalue weighted by Gasteiger charge is 1.95. The molecule has 1 aliphatic rings. The Bertz CT molecular complexity index is 407. The summed E-state index contributed by atoms with van der Waals surface area (Å²) in [5.74, 6) is 0. The maximum Gasteiger partial charge on any atom is 0.0701 e. The molecule has 1 fully saturated rings.